The third-order valence-electron chi connectivity index (χ3n) is 3.84. The van der Waals surface area contributed by atoms with E-state index in [1.807, 2.05) is 25.1 Å². The van der Waals surface area contributed by atoms with E-state index in [0.29, 0.717) is 0 Å². The van der Waals surface area contributed by atoms with Gasteiger partial charge in [-0.2, -0.15) is 0 Å². The van der Waals surface area contributed by atoms with Gasteiger partial charge in [-0.3, -0.25) is 4.79 Å². The van der Waals surface area contributed by atoms with E-state index in [1.54, 1.807) is 0 Å². The molecule has 20 heavy (non-hydrogen) atoms. The highest BCUT2D eigenvalue weighted by Crippen LogP contribution is 2.29. The number of aryl methyl sites for hydroxylation is 1. The van der Waals surface area contributed by atoms with E-state index in [9.17, 15) is 4.79 Å². The van der Waals surface area contributed by atoms with Gasteiger partial charge in [-0.15, -0.1) is 0 Å². The summed E-state index contributed by atoms with van der Waals surface area (Å²) in [5.74, 6) is -0.444. The van der Waals surface area contributed by atoms with Gasteiger partial charge in [-0.25, -0.2) is 0 Å². The first-order valence-corrected chi connectivity index (χ1v) is 6.79. The van der Waals surface area contributed by atoms with Crippen LogP contribution in [0.15, 0.2) is 42.5 Å². The second kappa shape index (κ2) is 5.91. The first-order valence-electron chi connectivity index (χ1n) is 6.79. The minimum Gasteiger partial charge on any atom is -0.469 e. The minimum atomic E-state index is -0.248. The van der Waals surface area contributed by atoms with Crippen LogP contribution in [0, 0.1) is 13.8 Å². The van der Waals surface area contributed by atoms with Crippen molar-refractivity contribution in [1.82, 2.24) is 0 Å². The molecule has 0 bridgehead atoms. The topological polar surface area (TPSA) is 26.3 Å². The first-order chi connectivity index (χ1) is 9.54. The van der Waals surface area contributed by atoms with Crippen LogP contribution in [0.5, 0.6) is 0 Å². The summed E-state index contributed by atoms with van der Waals surface area (Å²) >= 11 is 0. The van der Waals surface area contributed by atoms with E-state index in [0.717, 1.165) is 22.3 Å². The Morgan fingerprint density at radius 3 is 2.30 bits per heavy atom. The fourth-order valence-corrected chi connectivity index (χ4v) is 2.44. The largest absolute Gasteiger partial charge is 0.469 e. The van der Waals surface area contributed by atoms with Gasteiger partial charge in [0, 0.05) is 0 Å². The maximum atomic E-state index is 11.8. The number of esters is 1. The Labute approximate surface area is 120 Å². The lowest BCUT2D eigenvalue weighted by Gasteiger charge is -2.16. The summed E-state index contributed by atoms with van der Waals surface area (Å²) in [7, 11) is 1.43. The standard InChI is InChI=1S/C18H20O2/c1-12-10-16(15-8-6-5-7-9-15)11-17(13(12)2)14(3)18(19)20-4/h5-11,14H,1-4H3. The van der Waals surface area contributed by atoms with Gasteiger partial charge in [0.15, 0.2) is 0 Å². The van der Waals surface area contributed by atoms with Crippen LogP contribution in [-0.4, -0.2) is 13.1 Å². The van der Waals surface area contributed by atoms with Crippen LogP contribution in [0.3, 0.4) is 0 Å². The Morgan fingerprint density at radius 2 is 1.70 bits per heavy atom. The van der Waals surface area contributed by atoms with Gasteiger partial charge in [0.2, 0.25) is 0 Å². The Bertz CT molecular complexity index is 615. The molecule has 0 amide bonds. The molecular weight excluding hydrogens is 248 g/mol. The SMILES string of the molecule is COC(=O)C(C)c1cc(-c2ccccc2)cc(C)c1C. The molecule has 1 unspecified atom stereocenters. The Hall–Kier alpha value is -2.09. The molecule has 0 radical (unpaired) electrons. The maximum Gasteiger partial charge on any atom is 0.312 e. The van der Waals surface area contributed by atoms with Gasteiger partial charge in [0.05, 0.1) is 13.0 Å². The molecular formula is C18H20O2. The van der Waals surface area contributed by atoms with E-state index in [2.05, 4.69) is 38.1 Å². The summed E-state index contributed by atoms with van der Waals surface area (Å²) in [6.45, 7) is 6.02. The fraction of sp³-hybridized carbons (Fsp3) is 0.278. The molecule has 0 aliphatic carbocycles. The monoisotopic (exact) mass is 268 g/mol. The highest BCUT2D eigenvalue weighted by atomic mass is 16.5. The normalized spacial score (nSPS) is 12.0. The molecule has 0 aromatic heterocycles. The first kappa shape index (κ1) is 14.3. The van der Waals surface area contributed by atoms with Crippen LogP contribution in [0.1, 0.15) is 29.5 Å². The van der Waals surface area contributed by atoms with Crippen molar-refractivity contribution in [2.45, 2.75) is 26.7 Å². The van der Waals surface area contributed by atoms with E-state index in [1.165, 1.54) is 12.7 Å². The Balaban J connectivity index is 2.53. The number of rotatable bonds is 3. The van der Waals surface area contributed by atoms with Gasteiger partial charge in [-0.05, 0) is 48.6 Å². The van der Waals surface area contributed by atoms with Gasteiger partial charge in [-0.1, -0.05) is 42.5 Å². The smallest absolute Gasteiger partial charge is 0.312 e. The van der Waals surface area contributed by atoms with Crippen LogP contribution < -0.4 is 0 Å². The van der Waals surface area contributed by atoms with Crippen molar-refractivity contribution >= 4 is 5.97 Å². The zero-order valence-corrected chi connectivity index (χ0v) is 12.4. The van der Waals surface area contributed by atoms with Crippen molar-refractivity contribution in [3.8, 4) is 11.1 Å². The predicted molar refractivity (Wildman–Crippen MR) is 81.8 cm³/mol. The fourth-order valence-electron chi connectivity index (χ4n) is 2.44. The number of methoxy groups -OCH3 is 1. The van der Waals surface area contributed by atoms with Crippen LogP contribution in [0.2, 0.25) is 0 Å². The molecule has 1 atom stereocenters. The molecule has 0 spiro atoms. The molecule has 2 heteroatoms. The lowest BCUT2D eigenvalue weighted by Crippen LogP contribution is -2.12. The summed E-state index contributed by atoms with van der Waals surface area (Å²) in [5, 5.41) is 0. The van der Waals surface area contributed by atoms with Gasteiger partial charge in [0.25, 0.3) is 0 Å². The highest BCUT2D eigenvalue weighted by Gasteiger charge is 2.19. The summed E-state index contributed by atoms with van der Waals surface area (Å²) < 4.78 is 4.87. The van der Waals surface area contributed by atoms with E-state index in [-0.39, 0.29) is 11.9 Å². The van der Waals surface area contributed by atoms with E-state index in [4.69, 9.17) is 4.74 Å². The average Bonchev–Trinajstić information content (AvgIpc) is 2.49. The molecule has 104 valence electrons. The second-order valence-corrected chi connectivity index (χ2v) is 5.12. The van der Waals surface area contributed by atoms with Gasteiger partial charge < -0.3 is 4.74 Å². The number of carbonyl (C=O) groups excluding carboxylic acids is 1. The maximum absolute atomic E-state index is 11.8. The van der Waals surface area contributed by atoms with Crippen LogP contribution in [-0.2, 0) is 9.53 Å². The quantitative estimate of drug-likeness (QED) is 0.778. The molecule has 0 fully saturated rings. The molecule has 2 aromatic carbocycles. The van der Waals surface area contributed by atoms with Crippen molar-refractivity contribution in [3.63, 3.8) is 0 Å². The van der Waals surface area contributed by atoms with Gasteiger partial charge >= 0.3 is 5.97 Å². The highest BCUT2D eigenvalue weighted by molar-refractivity contribution is 5.79. The molecule has 0 N–H and O–H groups in total. The Kier molecular flexibility index (Phi) is 4.23. The molecule has 0 heterocycles. The minimum absolute atomic E-state index is 0.197. The van der Waals surface area contributed by atoms with E-state index >= 15 is 0 Å². The number of carbonyl (C=O) groups is 1. The van der Waals surface area contributed by atoms with Crippen LogP contribution in [0.25, 0.3) is 11.1 Å². The molecule has 2 rings (SSSR count). The number of benzene rings is 2. The summed E-state index contributed by atoms with van der Waals surface area (Å²) in [5.41, 5.74) is 5.68. The molecule has 2 aromatic rings. The second-order valence-electron chi connectivity index (χ2n) is 5.12. The third kappa shape index (κ3) is 2.74. The van der Waals surface area contributed by atoms with Crippen LogP contribution >= 0.6 is 0 Å². The van der Waals surface area contributed by atoms with Crippen molar-refractivity contribution in [1.29, 1.82) is 0 Å². The molecule has 0 aliphatic rings. The predicted octanol–water partition coefficient (Wildman–Crippen LogP) is 4.25. The van der Waals surface area contributed by atoms with Crippen LogP contribution in [0.4, 0.5) is 0 Å². The molecule has 0 saturated heterocycles. The van der Waals surface area contributed by atoms with Crippen molar-refractivity contribution in [3.05, 3.63) is 59.2 Å². The van der Waals surface area contributed by atoms with Crippen molar-refractivity contribution in [2.75, 3.05) is 7.11 Å². The zero-order chi connectivity index (χ0) is 14.7. The summed E-state index contributed by atoms with van der Waals surface area (Å²) in [4.78, 5) is 11.8. The lowest BCUT2D eigenvalue weighted by atomic mass is 9.89. The van der Waals surface area contributed by atoms with Crippen molar-refractivity contribution in [2.24, 2.45) is 0 Å². The van der Waals surface area contributed by atoms with Crippen molar-refractivity contribution < 1.29 is 9.53 Å². The zero-order valence-electron chi connectivity index (χ0n) is 12.4. The van der Waals surface area contributed by atoms with Gasteiger partial charge in [0.1, 0.15) is 0 Å². The van der Waals surface area contributed by atoms with E-state index < -0.39 is 0 Å². The third-order valence-corrected chi connectivity index (χ3v) is 3.84. The summed E-state index contributed by atoms with van der Waals surface area (Å²) in [6.07, 6.45) is 0. The summed E-state index contributed by atoms with van der Waals surface area (Å²) in [6, 6.07) is 14.5. The molecule has 0 aliphatic heterocycles. The lowest BCUT2D eigenvalue weighted by molar-refractivity contribution is -0.142. The Morgan fingerprint density at radius 1 is 1.05 bits per heavy atom. The number of hydrogen-bond acceptors (Lipinski definition) is 2. The number of hydrogen-bond donors (Lipinski definition) is 0. The number of ether oxygens (including phenoxy) is 1. The molecule has 2 nitrogen and oxygen atoms in total. The molecule has 0 saturated carbocycles. The average molecular weight is 268 g/mol.